The van der Waals surface area contributed by atoms with Crippen LogP contribution in [0.25, 0.3) is 0 Å². The lowest BCUT2D eigenvalue weighted by Gasteiger charge is -1.48. The van der Waals surface area contributed by atoms with Crippen molar-refractivity contribution < 1.29 is 0 Å². The van der Waals surface area contributed by atoms with Crippen LogP contribution in [0.3, 0.4) is 0 Å². The van der Waals surface area contributed by atoms with Gasteiger partial charge in [0.2, 0.25) is 0 Å². The topological polar surface area (TPSA) is 0 Å². The molecule has 0 saturated heterocycles. The van der Waals surface area contributed by atoms with Gasteiger partial charge >= 0.3 is 0 Å². The van der Waals surface area contributed by atoms with E-state index in [4.69, 9.17) is 0 Å². The molecule has 1 fully saturated rings. The third-order valence-electron chi connectivity index (χ3n) is 0.354. The summed E-state index contributed by atoms with van der Waals surface area (Å²) in [7, 11) is 0. The Balaban J connectivity index is -0.0000000342. The lowest BCUT2D eigenvalue weighted by atomic mass is 10.6. The molecule has 0 N–H and O–H groups in total. The van der Waals surface area contributed by atoms with Gasteiger partial charge in [-0.05, 0) is 0 Å². The molecular weight excluding hydrogens is 144 g/mol. The molecule has 0 radical (unpaired) electrons. The second kappa shape index (κ2) is 68.8. The third-order valence-corrected chi connectivity index (χ3v) is 0.354. The zero-order valence-corrected chi connectivity index (χ0v) is 10.8. The Morgan fingerprint density at radius 2 is 0.667 bits per heavy atom. The molecule has 1 saturated carbocycles. The first-order valence-corrected chi connectivity index (χ1v) is 5.91. The molecule has 80 valence electrons. The Bertz CT molecular complexity index is 11.2. The van der Waals surface area contributed by atoms with Gasteiger partial charge < -0.3 is 0 Å². The van der Waals surface area contributed by atoms with Gasteiger partial charge in [0.25, 0.3) is 0 Å². The minimum Gasteiger partial charge on any atom is -0.0683 e. The van der Waals surface area contributed by atoms with Crippen LogP contribution in [0.5, 0.6) is 0 Å². The normalized spacial score (nSPS) is 9.00. The molecule has 0 aromatic heterocycles. The van der Waals surface area contributed by atoms with Crippen molar-refractivity contribution in [1.29, 1.82) is 0 Å². The highest BCUT2D eigenvalue weighted by molar-refractivity contribution is 4.50. The molecule has 0 unspecified atom stereocenters. The minimum atomic E-state index is 1.25. The molecule has 1 aliphatic rings. The second-order valence-corrected chi connectivity index (χ2v) is 1.77. The molecule has 0 spiro atoms. The molecule has 0 bridgehead atoms. The van der Waals surface area contributed by atoms with E-state index >= 15 is 0 Å². The monoisotopic (exact) mass is 176 g/mol. The fourth-order valence-electron chi connectivity index (χ4n) is 0. The lowest BCUT2D eigenvalue weighted by molar-refractivity contribution is 1.09. The first kappa shape index (κ1) is 22.7. The highest BCUT2D eigenvalue weighted by atomic mass is 14.0. The summed E-state index contributed by atoms with van der Waals surface area (Å²) in [5.74, 6) is 0. The van der Waals surface area contributed by atoms with Crippen LogP contribution >= 0.6 is 0 Å². The van der Waals surface area contributed by atoms with Crippen molar-refractivity contribution in [3.05, 3.63) is 0 Å². The van der Waals surface area contributed by atoms with Crippen LogP contribution in [-0.2, 0) is 0 Å². The van der Waals surface area contributed by atoms with Crippen molar-refractivity contribution >= 4 is 0 Å². The molecule has 0 amide bonds. The average molecular weight is 176 g/mol. The molecule has 0 heteroatoms. The van der Waals surface area contributed by atoms with Crippen molar-refractivity contribution in [3.63, 3.8) is 0 Å². The van der Waals surface area contributed by atoms with E-state index in [-0.39, 0.29) is 0 Å². The smallest absolute Gasteiger partial charge is 0.0533 e. The summed E-state index contributed by atoms with van der Waals surface area (Å²) in [6.07, 6.45) is 5.75. The van der Waals surface area contributed by atoms with E-state index in [1.165, 1.54) is 25.7 Å². The summed E-state index contributed by atoms with van der Waals surface area (Å²) < 4.78 is 0. The summed E-state index contributed by atoms with van der Waals surface area (Å²) in [5, 5.41) is 0. The average Bonchev–Trinajstić information content (AvgIpc) is 3.02. The molecular formula is C12H32. The highest BCUT2D eigenvalue weighted by Crippen LogP contribution is 2.14. The third kappa shape index (κ3) is 810. The Morgan fingerprint density at radius 3 is 0.667 bits per heavy atom. The summed E-state index contributed by atoms with van der Waals surface area (Å²) in [6.45, 7) is 16.2. The number of hydrogen-bond acceptors (Lipinski definition) is 0. The molecule has 1 rings (SSSR count). The summed E-state index contributed by atoms with van der Waals surface area (Å²) in [6, 6.07) is 0. The van der Waals surface area contributed by atoms with Crippen molar-refractivity contribution in [2.45, 2.75) is 81.1 Å². The van der Waals surface area contributed by atoms with Gasteiger partial charge in [-0.3, -0.25) is 0 Å². The van der Waals surface area contributed by atoms with E-state index in [2.05, 4.69) is 13.8 Å². The minimum absolute atomic E-state index is 1.25. The van der Waals surface area contributed by atoms with Crippen LogP contribution in [0.15, 0.2) is 0 Å². The predicted octanol–water partition coefficient (Wildman–Crippen LogP) is 5.67. The Kier molecular flexibility index (Phi) is 130. The zero-order valence-electron chi connectivity index (χ0n) is 10.8. The fourth-order valence-corrected chi connectivity index (χ4v) is 0. The maximum atomic E-state index is 2.12. The van der Waals surface area contributed by atoms with Crippen molar-refractivity contribution in [2.24, 2.45) is 0 Å². The van der Waals surface area contributed by atoms with Crippen molar-refractivity contribution in [3.8, 4) is 0 Å². The van der Waals surface area contributed by atoms with Crippen LogP contribution in [0.2, 0.25) is 0 Å². The molecule has 0 heterocycles. The van der Waals surface area contributed by atoms with Crippen LogP contribution in [-0.4, -0.2) is 0 Å². The van der Waals surface area contributed by atoms with E-state index in [0.29, 0.717) is 0 Å². The van der Waals surface area contributed by atoms with Gasteiger partial charge in [0.05, 0.1) is 0 Å². The molecule has 0 aromatic carbocycles. The van der Waals surface area contributed by atoms with E-state index < -0.39 is 0 Å². The first-order chi connectivity index (χ1) is 5.91. The molecule has 12 heavy (non-hydrogen) atoms. The van der Waals surface area contributed by atoms with Crippen LogP contribution < -0.4 is 0 Å². The molecule has 0 nitrogen and oxygen atoms in total. The van der Waals surface area contributed by atoms with Crippen LogP contribution in [0.1, 0.15) is 81.1 Å². The maximum absolute atomic E-state index is 2.12. The van der Waals surface area contributed by atoms with Crippen LogP contribution in [0.4, 0.5) is 0 Å². The Hall–Kier alpha value is 0. The predicted molar refractivity (Wildman–Crippen MR) is 63.9 cm³/mol. The van der Waals surface area contributed by atoms with Crippen molar-refractivity contribution in [1.82, 2.24) is 0 Å². The fraction of sp³-hybridized carbons (Fsp3) is 1.00. The second-order valence-electron chi connectivity index (χ2n) is 1.77. The Labute approximate surface area is 81.8 Å². The summed E-state index contributed by atoms with van der Waals surface area (Å²) >= 11 is 0. The number of hydrogen-bond donors (Lipinski definition) is 0. The SMILES string of the molecule is C1CC1.CC.CC.CC.CCC. The van der Waals surface area contributed by atoms with Gasteiger partial charge in [-0.2, -0.15) is 0 Å². The van der Waals surface area contributed by atoms with Gasteiger partial charge in [0, 0.05) is 0 Å². The summed E-state index contributed by atoms with van der Waals surface area (Å²) in [5.41, 5.74) is 0. The van der Waals surface area contributed by atoms with E-state index in [1.807, 2.05) is 41.5 Å². The standard InChI is InChI=1S/C3H6.C3H8.3C2H6/c1-2-3-1;1-3-2;3*1-2/h1-3H2;3H2,1-2H3;3*1-2H3. The maximum Gasteiger partial charge on any atom is -0.0533 e. The lowest BCUT2D eigenvalue weighted by Crippen LogP contribution is -1.27. The van der Waals surface area contributed by atoms with Gasteiger partial charge in [-0.25, -0.2) is 0 Å². The van der Waals surface area contributed by atoms with Crippen LogP contribution in [0, 0.1) is 0 Å². The molecule has 0 aliphatic heterocycles. The van der Waals surface area contributed by atoms with E-state index in [9.17, 15) is 0 Å². The van der Waals surface area contributed by atoms with Crippen molar-refractivity contribution in [2.75, 3.05) is 0 Å². The van der Waals surface area contributed by atoms with Gasteiger partial charge in [-0.1, -0.05) is 81.1 Å². The van der Waals surface area contributed by atoms with Gasteiger partial charge in [-0.15, -0.1) is 0 Å². The van der Waals surface area contributed by atoms with E-state index in [1.54, 1.807) is 0 Å². The first-order valence-electron chi connectivity index (χ1n) is 5.91. The quantitative estimate of drug-likeness (QED) is 0.446. The zero-order chi connectivity index (χ0) is 10.8. The van der Waals surface area contributed by atoms with E-state index in [0.717, 1.165) is 0 Å². The molecule has 0 atom stereocenters. The molecule has 0 aromatic rings. The highest BCUT2D eigenvalue weighted by Gasteiger charge is 1.95. The largest absolute Gasteiger partial charge is 0.0683 e. The van der Waals surface area contributed by atoms with Gasteiger partial charge in [0.15, 0.2) is 0 Å². The summed E-state index contributed by atoms with van der Waals surface area (Å²) in [4.78, 5) is 0. The Morgan fingerprint density at radius 1 is 0.583 bits per heavy atom. The van der Waals surface area contributed by atoms with Gasteiger partial charge in [0.1, 0.15) is 0 Å². The molecule has 1 aliphatic carbocycles. The number of rotatable bonds is 0.